The van der Waals surface area contributed by atoms with Gasteiger partial charge in [-0.2, -0.15) is 0 Å². The molecule has 0 atom stereocenters. The van der Waals surface area contributed by atoms with Gasteiger partial charge in [0.15, 0.2) is 0 Å². The predicted octanol–water partition coefficient (Wildman–Crippen LogP) is 1.98. The molecule has 20 heavy (non-hydrogen) atoms. The maximum absolute atomic E-state index is 11.4. The second kappa shape index (κ2) is 7.85. The van der Waals surface area contributed by atoms with Crippen LogP contribution in [0.1, 0.15) is 34.6 Å². The van der Waals surface area contributed by atoms with E-state index in [4.69, 9.17) is 9.47 Å². The summed E-state index contributed by atoms with van der Waals surface area (Å²) < 4.78 is 10.2. The molecule has 0 aromatic carbocycles. The third-order valence-corrected chi connectivity index (χ3v) is 2.17. The quantitative estimate of drug-likeness (QED) is 0.572. The maximum Gasteiger partial charge on any atom is 0.333 e. The van der Waals surface area contributed by atoms with Crippen LogP contribution < -0.4 is 5.32 Å². The van der Waals surface area contributed by atoms with Gasteiger partial charge in [-0.05, 0) is 34.6 Å². The third kappa shape index (κ3) is 8.48. The van der Waals surface area contributed by atoms with Gasteiger partial charge in [0.1, 0.15) is 13.2 Å². The lowest BCUT2D eigenvalue weighted by Gasteiger charge is -2.28. The second-order valence-corrected chi connectivity index (χ2v) is 5.85. The van der Waals surface area contributed by atoms with Gasteiger partial charge in [0, 0.05) is 16.7 Å². The monoisotopic (exact) mass is 283 g/mol. The fraction of sp³-hybridized carbons (Fsp3) is 0.600. The van der Waals surface area contributed by atoms with E-state index in [1.165, 1.54) is 0 Å². The third-order valence-electron chi connectivity index (χ3n) is 2.17. The lowest BCUT2D eigenvalue weighted by molar-refractivity contribution is -0.143. The molecule has 0 fully saturated rings. The molecule has 5 heteroatoms. The van der Waals surface area contributed by atoms with E-state index in [1.807, 2.05) is 20.8 Å². The van der Waals surface area contributed by atoms with Gasteiger partial charge in [0.2, 0.25) is 0 Å². The highest BCUT2D eigenvalue weighted by atomic mass is 16.5. The summed E-state index contributed by atoms with van der Waals surface area (Å²) in [6, 6.07) is -0.290. The van der Waals surface area contributed by atoms with Gasteiger partial charge < -0.3 is 14.8 Å². The number of hydrogen-bond donors (Lipinski definition) is 1. The molecular weight excluding hydrogens is 258 g/mol. The minimum absolute atomic E-state index is 0.104. The van der Waals surface area contributed by atoms with Crippen LogP contribution in [-0.2, 0) is 19.1 Å². The second-order valence-electron chi connectivity index (χ2n) is 5.85. The zero-order chi connectivity index (χ0) is 15.9. The highest BCUT2D eigenvalue weighted by Crippen LogP contribution is 2.04. The van der Waals surface area contributed by atoms with Crippen LogP contribution in [0.25, 0.3) is 0 Å². The first kappa shape index (κ1) is 18.4. The molecule has 0 aromatic heterocycles. The van der Waals surface area contributed by atoms with Gasteiger partial charge in [0.05, 0.1) is 6.04 Å². The fourth-order valence-corrected chi connectivity index (χ4v) is 1.34. The molecular formula is C15H25NO4. The molecule has 0 radical (unpaired) electrons. The number of ether oxygens (including phenoxy) is 2. The van der Waals surface area contributed by atoms with Crippen LogP contribution >= 0.6 is 0 Å². The van der Waals surface area contributed by atoms with Crippen LogP contribution in [0, 0.1) is 0 Å². The Kier molecular flexibility index (Phi) is 7.21. The van der Waals surface area contributed by atoms with Crippen LogP contribution in [0.3, 0.4) is 0 Å². The molecule has 0 spiro atoms. The molecule has 0 aliphatic carbocycles. The van der Waals surface area contributed by atoms with E-state index in [0.717, 1.165) is 0 Å². The summed E-state index contributed by atoms with van der Waals surface area (Å²) in [6.45, 7) is 16.3. The van der Waals surface area contributed by atoms with Gasteiger partial charge >= 0.3 is 11.9 Å². The Labute approximate surface area is 121 Å². The number of carbonyl (C=O) groups excluding carboxylic acids is 2. The molecule has 114 valence electrons. The number of nitrogens with one attached hydrogen (secondary N) is 1. The minimum atomic E-state index is -0.461. The predicted molar refractivity (Wildman–Crippen MR) is 78.2 cm³/mol. The topological polar surface area (TPSA) is 64.6 Å². The van der Waals surface area contributed by atoms with Crippen LogP contribution in [0.2, 0.25) is 0 Å². The van der Waals surface area contributed by atoms with E-state index >= 15 is 0 Å². The molecule has 0 rings (SSSR count). The molecule has 0 saturated carbocycles. The van der Waals surface area contributed by atoms with E-state index in [9.17, 15) is 9.59 Å². The van der Waals surface area contributed by atoms with E-state index in [0.29, 0.717) is 11.1 Å². The van der Waals surface area contributed by atoms with Crippen molar-refractivity contribution in [3.63, 3.8) is 0 Å². The van der Waals surface area contributed by atoms with E-state index in [1.54, 1.807) is 13.8 Å². The Balaban J connectivity index is 4.49. The van der Waals surface area contributed by atoms with E-state index in [-0.39, 0.29) is 24.8 Å². The summed E-state index contributed by atoms with van der Waals surface area (Å²) >= 11 is 0. The van der Waals surface area contributed by atoms with Gasteiger partial charge in [-0.1, -0.05) is 13.2 Å². The Hall–Kier alpha value is -1.62. The molecule has 0 aromatic rings. The van der Waals surface area contributed by atoms with E-state index in [2.05, 4.69) is 18.5 Å². The normalized spacial score (nSPS) is 11.1. The molecule has 0 heterocycles. The smallest absolute Gasteiger partial charge is 0.333 e. The molecule has 5 nitrogen and oxygen atoms in total. The molecule has 0 amide bonds. The zero-order valence-electron chi connectivity index (χ0n) is 13.0. The zero-order valence-corrected chi connectivity index (χ0v) is 13.0. The number of hydrogen-bond acceptors (Lipinski definition) is 5. The van der Waals surface area contributed by atoms with Crippen molar-refractivity contribution in [1.82, 2.24) is 5.32 Å². The van der Waals surface area contributed by atoms with Crippen LogP contribution in [0.5, 0.6) is 0 Å². The van der Waals surface area contributed by atoms with Gasteiger partial charge in [-0.15, -0.1) is 0 Å². The van der Waals surface area contributed by atoms with Crippen molar-refractivity contribution in [3.05, 3.63) is 24.3 Å². The highest BCUT2D eigenvalue weighted by molar-refractivity contribution is 5.87. The van der Waals surface area contributed by atoms with Crippen molar-refractivity contribution >= 4 is 11.9 Å². The van der Waals surface area contributed by atoms with Crippen molar-refractivity contribution in [3.8, 4) is 0 Å². The highest BCUT2D eigenvalue weighted by Gasteiger charge is 2.20. The summed E-state index contributed by atoms with van der Waals surface area (Å²) in [4.78, 5) is 22.8. The Morgan fingerprint density at radius 2 is 1.35 bits per heavy atom. The number of carbonyl (C=O) groups is 2. The van der Waals surface area contributed by atoms with Crippen LogP contribution in [-0.4, -0.2) is 36.7 Å². The van der Waals surface area contributed by atoms with Crippen molar-refractivity contribution in [1.29, 1.82) is 0 Å². The molecule has 0 unspecified atom stereocenters. The molecule has 0 bridgehead atoms. The summed E-state index contributed by atoms with van der Waals surface area (Å²) in [5.74, 6) is -0.922. The average Bonchev–Trinajstić information content (AvgIpc) is 2.29. The first-order chi connectivity index (χ1) is 9.03. The minimum Gasteiger partial charge on any atom is -0.461 e. The molecule has 0 aliphatic heterocycles. The summed E-state index contributed by atoms with van der Waals surface area (Å²) in [5, 5.41) is 3.23. The Bertz CT molecular complexity index is 363. The summed E-state index contributed by atoms with van der Waals surface area (Å²) in [7, 11) is 0. The Morgan fingerprint density at radius 1 is 1.00 bits per heavy atom. The number of esters is 2. The molecule has 0 saturated heterocycles. The SMILES string of the molecule is C=C(C)C(=O)OCC(COC(=O)C(=C)C)NC(C)(C)C. The van der Waals surface area contributed by atoms with Gasteiger partial charge in [-0.25, -0.2) is 9.59 Å². The van der Waals surface area contributed by atoms with Gasteiger partial charge in [0.25, 0.3) is 0 Å². The molecule has 0 aliphatic rings. The van der Waals surface area contributed by atoms with E-state index < -0.39 is 11.9 Å². The van der Waals surface area contributed by atoms with Crippen molar-refractivity contribution in [2.75, 3.05) is 13.2 Å². The van der Waals surface area contributed by atoms with Crippen molar-refractivity contribution in [2.45, 2.75) is 46.2 Å². The largest absolute Gasteiger partial charge is 0.461 e. The first-order valence-corrected chi connectivity index (χ1v) is 6.46. The molecule has 1 N–H and O–H groups in total. The fourth-order valence-electron chi connectivity index (χ4n) is 1.34. The standard InChI is InChI=1S/C15H25NO4/c1-10(2)13(17)19-8-12(16-15(5,6)7)9-20-14(18)11(3)4/h12,16H,1,3,8-9H2,2,4-7H3. The van der Waals surface area contributed by atoms with Crippen LogP contribution in [0.15, 0.2) is 24.3 Å². The van der Waals surface area contributed by atoms with Gasteiger partial charge in [-0.3, -0.25) is 0 Å². The summed E-state index contributed by atoms with van der Waals surface area (Å²) in [5.41, 5.74) is 0.465. The average molecular weight is 283 g/mol. The Morgan fingerprint density at radius 3 is 1.60 bits per heavy atom. The maximum atomic E-state index is 11.4. The van der Waals surface area contributed by atoms with Crippen molar-refractivity contribution < 1.29 is 19.1 Å². The lowest BCUT2D eigenvalue weighted by atomic mass is 10.1. The number of rotatable bonds is 7. The summed E-state index contributed by atoms with van der Waals surface area (Å²) in [6.07, 6.45) is 0. The first-order valence-electron chi connectivity index (χ1n) is 6.46. The van der Waals surface area contributed by atoms with Crippen molar-refractivity contribution in [2.24, 2.45) is 0 Å². The van der Waals surface area contributed by atoms with Crippen LogP contribution in [0.4, 0.5) is 0 Å². The lowest BCUT2D eigenvalue weighted by Crippen LogP contribution is -2.48.